The predicted octanol–water partition coefficient (Wildman–Crippen LogP) is 1.57. The lowest BCUT2D eigenvalue weighted by Crippen LogP contribution is -2.12. The van der Waals surface area contributed by atoms with Gasteiger partial charge in [0.2, 0.25) is 0 Å². The summed E-state index contributed by atoms with van der Waals surface area (Å²) in [6.07, 6.45) is 3.02. The molecule has 4 nitrogen and oxygen atoms in total. The fourth-order valence-electron chi connectivity index (χ4n) is 0.762. The minimum atomic E-state index is -0.331. The summed E-state index contributed by atoms with van der Waals surface area (Å²) >= 11 is 2.25. The monoisotopic (exact) mass is 328 g/mol. The molecule has 0 heterocycles. The van der Waals surface area contributed by atoms with Gasteiger partial charge in [-0.2, -0.15) is 0 Å². The van der Waals surface area contributed by atoms with E-state index in [4.69, 9.17) is 14.2 Å². The zero-order valence-corrected chi connectivity index (χ0v) is 11.1. The van der Waals surface area contributed by atoms with Crippen molar-refractivity contribution in [3.8, 4) is 0 Å². The van der Waals surface area contributed by atoms with E-state index >= 15 is 0 Å². The Kier molecular flexibility index (Phi) is 11.8. The van der Waals surface area contributed by atoms with E-state index in [1.165, 1.54) is 6.08 Å². The first-order valence-corrected chi connectivity index (χ1v) is 6.34. The Morgan fingerprint density at radius 1 is 1.13 bits per heavy atom. The van der Waals surface area contributed by atoms with Gasteiger partial charge in [-0.1, -0.05) is 28.7 Å². The van der Waals surface area contributed by atoms with Crippen molar-refractivity contribution < 1.29 is 19.0 Å². The molecule has 0 bridgehead atoms. The van der Waals surface area contributed by atoms with Crippen LogP contribution in [0.3, 0.4) is 0 Å². The molecule has 0 aromatic heterocycles. The first-order chi connectivity index (χ1) is 7.31. The molecule has 0 rings (SSSR count). The molecule has 5 heteroatoms. The average molecular weight is 328 g/mol. The Labute approximate surface area is 104 Å². The Hall–Kier alpha value is -0.140. The van der Waals surface area contributed by atoms with Crippen molar-refractivity contribution >= 4 is 28.6 Å². The van der Waals surface area contributed by atoms with Crippen molar-refractivity contribution in [3.63, 3.8) is 0 Å². The number of carbonyl (C=O) groups excluding carboxylic acids is 1. The standard InChI is InChI=1S/C10H17IO4/c1-2-3-10(12)15-9-8-14-7-6-13-5-4-11/h2-3H,4-9H2,1H3/b3-2+. The molecule has 0 radical (unpaired) electrons. The topological polar surface area (TPSA) is 44.8 Å². The number of halogens is 1. The van der Waals surface area contributed by atoms with E-state index in [1.54, 1.807) is 13.0 Å². The van der Waals surface area contributed by atoms with Gasteiger partial charge in [-0.25, -0.2) is 4.79 Å². The van der Waals surface area contributed by atoms with E-state index in [0.717, 1.165) is 11.0 Å². The zero-order valence-electron chi connectivity index (χ0n) is 8.91. The highest BCUT2D eigenvalue weighted by molar-refractivity contribution is 14.1. The molecule has 15 heavy (non-hydrogen) atoms. The van der Waals surface area contributed by atoms with E-state index in [1.807, 2.05) is 0 Å². The summed E-state index contributed by atoms with van der Waals surface area (Å²) in [6.45, 7) is 4.35. The maximum atomic E-state index is 10.8. The normalized spacial score (nSPS) is 10.8. The van der Waals surface area contributed by atoms with Crippen LogP contribution in [0.5, 0.6) is 0 Å². The third kappa shape index (κ3) is 11.8. The summed E-state index contributed by atoms with van der Waals surface area (Å²) in [7, 11) is 0. The molecule has 0 aromatic rings. The van der Waals surface area contributed by atoms with Crippen LogP contribution in [0.25, 0.3) is 0 Å². The third-order valence-electron chi connectivity index (χ3n) is 1.37. The number of carbonyl (C=O) groups is 1. The molecule has 0 aliphatic heterocycles. The molecule has 0 fully saturated rings. The number of allylic oxidation sites excluding steroid dienone is 1. The molecule has 0 amide bonds. The molecule has 0 atom stereocenters. The lowest BCUT2D eigenvalue weighted by molar-refractivity contribution is -0.139. The highest BCUT2D eigenvalue weighted by atomic mass is 127. The van der Waals surface area contributed by atoms with Crippen LogP contribution in [0.4, 0.5) is 0 Å². The predicted molar refractivity (Wildman–Crippen MR) is 66.3 cm³/mol. The summed E-state index contributed by atoms with van der Waals surface area (Å²) in [5, 5.41) is 0. The summed E-state index contributed by atoms with van der Waals surface area (Å²) in [5.41, 5.74) is 0. The van der Waals surface area contributed by atoms with Crippen molar-refractivity contribution in [2.24, 2.45) is 0 Å². The number of esters is 1. The van der Waals surface area contributed by atoms with Gasteiger partial charge in [-0.05, 0) is 6.92 Å². The first-order valence-electron chi connectivity index (χ1n) is 4.82. The fourth-order valence-corrected chi connectivity index (χ4v) is 1.07. The Balaban J connectivity index is 3.08. The summed E-state index contributed by atoms with van der Waals surface area (Å²) in [6, 6.07) is 0. The summed E-state index contributed by atoms with van der Waals surface area (Å²) in [5.74, 6) is -0.331. The van der Waals surface area contributed by atoms with Crippen LogP contribution in [0.2, 0.25) is 0 Å². The molecule has 0 saturated carbocycles. The fraction of sp³-hybridized carbons (Fsp3) is 0.700. The van der Waals surface area contributed by atoms with E-state index < -0.39 is 0 Å². The van der Waals surface area contributed by atoms with Gasteiger partial charge in [0.05, 0.1) is 26.4 Å². The zero-order chi connectivity index (χ0) is 11.4. The van der Waals surface area contributed by atoms with Crippen LogP contribution in [-0.2, 0) is 19.0 Å². The lowest BCUT2D eigenvalue weighted by atomic mass is 10.5. The van der Waals surface area contributed by atoms with Gasteiger partial charge in [0, 0.05) is 10.5 Å². The van der Waals surface area contributed by atoms with Gasteiger partial charge in [-0.3, -0.25) is 0 Å². The highest BCUT2D eigenvalue weighted by Crippen LogP contribution is 1.85. The van der Waals surface area contributed by atoms with Gasteiger partial charge in [0.15, 0.2) is 0 Å². The van der Waals surface area contributed by atoms with Crippen molar-refractivity contribution in [2.45, 2.75) is 6.92 Å². The Morgan fingerprint density at radius 2 is 1.73 bits per heavy atom. The number of hydrogen-bond donors (Lipinski definition) is 0. The number of alkyl halides is 1. The van der Waals surface area contributed by atoms with E-state index in [2.05, 4.69) is 22.6 Å². The molecule has 0 aromatic carbocycles. The van der Waals surface area contributed by atoms with Gasteiger partial charge in [-0.15, -0.1) is 0 Å². The molecule has 0 saturated heterocycles. The maximum Gasteiger partial charge on any atom is 0.330 e. The summed E-state index contributed by atoms with van der Waals surface area (Å²) < 4.78 is 16.2. The quantitative estimate of drug-likeness (QED) is 0.212. The second-order valence-electron chi connectivity index (χ2n) is 2.58. The molecule has 0 aliphatic carbocycles. The molecular formula is C10H17IO4. The van der Waals surface area contributed by atoms with Crippen LogP contribution in [-0.4, -0.2) is 43.4 Å². The summed E-state index contributed by atoms with van der Waals surface area (Å²) in [4.78, 5) is 10.8. The molecular weight excluding hydrogens is 311 g/mol. The van der Waals surface area contributed by atoms with E-state index in [-0.39, 0.29) is 12.6 Å². The lowest BCUT2D eigenvalue weighted by Gasteiger charge is -2.04. The molecule has 0 aliphatic rings. The van der Waals surface area contributed by atoms with Gasteiger partial charge >= 0.3 is 5.97 Å². The smallest absolute Gasteiger partial charge is 0.330 e. The van der Waals surface area contributed by atoms with Crippen molar-refractivity contribution in [3.05, 3.63) is 12.2 Å². The van der Waals surface area contributed by atoms with Gasteiger partial charge < -0.3 is 14.2 Å². The minimum absolute atomic E-state index is 0.287. The SMILES string of the molecule is C/C=C/C(=O)OCCOCCOCCI. The van der Waals surface area contributed by atoms with Crippen LogP contribution < -0.4 is 0 Å². The number of rotatable bonds is 9. The van der Waals surface area contributed by atoms with Gasteiger partial charge in [0.1, 0.15) is 6.61 Å². The minimum Gasteiger partial charge on any atom is -0.460 e. The average Bonchev–Trinajstić information content (AvgIpc) is 2.22. The van der Waals surface area contributed by atoms with E-state index in [9.17, 15) is 4.79 Å². The largest absolute Gasteiger partial charge is 0.460 e. The van der Waals surface area contributed by atoms with Crippen molar-refractivity contribution in [2.75, 3.05) is 37.5 Å². The highest BCUT2D eigenvalue weighted by Gasteiger charge is 1.95. The van der Waals surface area contributed by atoms with Crippen molar-refractivity contribution in [1.82, 2.24) is 0 Å². The second kappa shape index (κ2) is 11.9. The first kappa shape index (κ1) is 14.9. The van der Waals surface area contributed by atoms with Crippen LogP contribution in [0, 0.1) is 0 Å². The second-order valence-corrected chi connectivity index (χ2v) is 3.66. The van der Waals surface area contributed by atoms with Crippen LogP contribution >= 0.6 is 22.6 Å². The number of ether oxygens (including phenoxy) is 3. The maximum absolute atomic E-state index is 10.8. The third-order valence-corrected chi connectivity index (χ3v) is 1.81. The molecule has 88 valence electrons. The van der Waals surface area contributed by atoms with Crippen LogP contribution in [0.1, 0.15) is 6.92 Å². The number of hydrogen-bond acceptors (Lipinski definition) is 4. The molecule has 0 N–H and O–H groups in total. The van der Waals surface area contributed by atoms with Gasteiger partial charge in [0.25, 0.3) is 0 Å². The van der Waals surface area contributed by atoms with Crippen molar-refractivity contribution in [1.29, 1.82) is 0 Å². The molecule has 0 spiro atoms. The van der Waals surface area contributed by atoms with E-state index in [0.29, 0.717) is 19.8 Å². The molecule has 0 unspecified atom stereocenters. The Bertz CT molecular complexity index is 182. The Morgan fingerprint density at radius 3 is 2.33 bits per heavy atom. The van der Waals surface area contributed by atoms with Crippen LogP contribution in [0.15, 0.2) is 12.2 Å².